The minimum absolute atomic E-state index is 0.156. The third kappa shape index (κ3) is 6.42. The van der Waals surface area contributed by atoms with Crippen LogP contribution in [0, 0.1) is 5.92 Å². The summed E-state index contributed by atoms with van der Waals surface area (Å²) in [6.07, 6.45) is 5.89. The number of carbonyl (C=O) groups excluding carboxylic acids is 1. The molecular formula is C21H33N3O4S. The molecule has 1 saturated heterocycles. The number of hydrogen-bond acceptors (Lipinski definition) is 4. The van der Waals surface area contributed by atoms with E-state index < -0.39 is 10.0 Å². The second-order valence-electron chi connectivity index (χ2n) is 8.22. The maximum atomic E-state index is 12.5. The highest BCUT2D eigenvalue weighted by Crippen LogP contribution is 2.33. The molecule has 1 aliphatic carbocycles. The van der Waals surface area contributed by atoms with Crippen LogP contribution in [-0.4, -0.2) is 63.5 Å². The number of nitrogens with zero attached hydrogens (tertiary/aromatic N) is 1. The van der Waals surface area contributed by atoms with E-state index in [4.69, 9.17) is 4.74 Å². The molecule has 2 aliphatic rings. The molecular weight excluding hydrogens is 390 g/mol. The average Bonchev–Trinajstić information content (AvgIpc) is 2.64. The summed E-state index contributed by atoms with van der Waals surface area (Å²) in [6, 6.07) is 9.70. The second kappa shape index (κ2) is 9.91. The van der Waals surface area contributed by atoms with Crippen molar-refractivity contribution < 1.29 is 17.9 Å². The fraction of sp³-hybridized carbons (Fsp3) is 0.667. The Morgan fingerprint density at radius 3 is 2.62 bits per heavy atom. The average molecular weight is 424 g/mol. The molecule has 1 aromatic rings. The molecule has 1 saturated carbocycles. The summed E-state index contributed by atoms with van der Waals surface area (Å²) < 4.78 is 32.4. The molecule has 3 rings (SSSR count). The van der Waals surface area contributed by atoms with Gasteiger partial charge in [0.1, 0.15) is 0 Å². The van der Waals surface area contributed by atoms with E-state index in [1.54, 1.807) is 4.90 Å². The normalized spacial score (nSPS) is 27.3. The molecule has 162 valence electrons. The maximum absolute atomic E-state index is 12.5. The molecule has 0 spiro atoms. The Kier molecular flexibility index (Phi) is 7.54. The molecule has 0 bridgehead atoms. The Morgan fingerprint density at radius 2 is 1.97 bits per heavy atom. The van der Waals surface area contributed by atoms with Crippen LogP contribution in [0.2, 0.25) is 0 Å². The van der Waals surface area contributed by atoms with Gasteiger partial charge in [0.25, 0.3) is 0 Å². The monoisotopic (exact) mass is 423 g/mol. The number of nitrogens with one attached hydrogen (secondary N) is 2. The van der Waals surface area contributed by atoms with Gasteiger partial charge in [0.15, 0.2) is 0 Å². The molecule has 2 amide bonds. The first kappa shape index (κ1) is 22.1. The van der Waals surface area contributed by atoms with Crippen LogP contribution in [0.25, 0.3) is 0 Å². The van der Waals surface area contributed by atoms with Crippen LogP contribution < -0.4 is 10.0 Å². The van der Waals surface area contributed by atoms with Crippen LogP contribution in [-0.2, 0) is 21.2 Å². The number of likely N-dealkylation sites (tertiary alicyclic amines) is 1. The molecule has 2 fully saturated rings. The molecule has 1 heterocycles. The lowest BCUT2D eigenvalue weighted by molar-refractivity contribution is -0.0570. The Morgan fingerprint density at radius 1 is 1.24 bits per heavy atom. The predicted octanol–water partition coefficient (Wildman–Crippen LogP) is 2.14. The van der Waals surface area contributed by atoms with E-state index in [-0.39, 0.29) is 24.2 Å². The highest BCUT2D eigenvalue weighted by molar-refractivity contribution is 7.88. The molecule has 8 heteroatoms. The molecule has 1 aromatic carbocycles. The van der Waals surface area contributed by atoms with Gasteiger partial charge in [-0.1, -0.05) is 30.3 Å². The van der Waals surface area contributed by atoms with Gasteiger partial charge in [0, 0.05) is 19.1 Å². The van der Waals surface area contributed by atoms with Gasteiger partial charge in [-0.15, -0.1) is 0 Å². The number of piperidine rings is 1. The van der Waals surface area contributed by atoms with Gasteiger partial charge in [-0.3, -0.25) is 0 Å². The molecule has 2 N–H and O–H groups in total. The Labute approximate surface area is 174 Å². The molecule has 1 aliphatic heterocycles. The Balaban J connectivity index is 1.55. The van der Waals surface area contributed by atoms with Gasteiger partial charge in [0.2, 0.25) is 10.0 Å². The van der Waals surface area contributed by atoms with E-state index in [1.807, 2.05) is 13.0 Å². The third-order valence-electron chi connectivity index (χ3n) is 5.80. The number of sulfonamides is 1. The third-order valence-corrected chi connectivity index (χ3v) is 6.53. The van der Waals surface area contributed by atoms with Gasteiger partial charge in [-0.05, 0) is 50.5 Å². The van der Waals surface area contributed by atoms with E-state index in [2.05, 4.69) is 34.3 Å². The van der Waals surface area contributed by atoms with Gasteiger partial charge in [-0.2, -0.15) is 0 Å². The van der Waals surface area contributed by atoms with Crippen LogP contribution in [0.3, 0.4) is 0 Å². The zero-order chi connectivity index (χ0) is 20.9. The number of benzene rings is 1. The molecule has 0 radical (unpaired) electrons. The van der Waals surface area contributed by atoms with Crippen LogP contribution in [0.15, 0.2) is 30.3 Å². The van der Waals surface area contributed by atoms with Crippen molar-refractivity contribution in [3.63, 3.8) is 0 Å². The van der Waals surface area contributed by atoms with Crippen molar-refractivity contribution in [1.82, 2.24) is 14.9 Å². The second-order valence-corrected chi connectivity index (χ2v) is 10.00. The topological polar surface area (TPSA) is 87.7 Å². The summed E-state index contributed by atoms with van der Waals surface area (Å²) >= 11 is 0. The molecule has 2 atom stereocenters. The van der Waals surface area contributed by atoms with Gasteiger partial charge in [-0.25, -0.2) is 17.9 Å². The lowest BCUT2D eigenvalue weighted by atomic mass is 9.78. The van der Waals surface area contributed by atoms with Crippen molar-refractivity contribution in [3.05, 3.63) is 35.9 Å². The molecule has 29 heavy (non-hydrogen) atoms. The first-order valence-electron chi connectivity index (χ1n) is 10.5. The minimum Gasteiger partial charge on any atom is -0.376 e. The maximum Gasteiger partial charge on any atom is 0.317 e. The van der Waals surface area contributed by atoms with E-state index in [0.29, 0.717) is 32.0 Å². The number of amides is 2. The highest BCUT2D eigenvalue weighted by Gasteiger charge is 2.38. The summed E-state index contributed by atoms with van der Waals surface area (Å²) in [4.78, 5) is 14.2. The van der Waals surface area contributed by atoms with E-state index >= 15 is 0 Å². The molecule has 0 unspecified atom stereocenters. The largest absolute Gasteiger partial charge is 0.376 e. The van der Waals surface area contributed by atoms with Crippen LogP contribution in [0.5, 0.6) is 0 Å². The van der Waals surface area contributed by atoms with Gasteiger partial charge < -0.3 is 15.0 Å². The number of carbonyl (C=O) groups is 1. The van der Waals surface area contributed by atoms with Gasteiger partial charge >= 0.3 is 6.03 Å². The fourth-order valence-electron chi connectivity index (χ4n) is 4.34. The van der Waals surface area contributed by atoms with Crippen molar-refractivity contribution in [3.8, 4) is 0 Å². The fourth-order valence-corrected chi connectivity index (χ4v) is 5.16. The van der Waals surface area contributed by atoms with Crippen molar-refractivity contribution >= 4 is 16.1 Å². The number of ether oxygens (including phenoxy) is 1. The summed E-state index contributed by atoms with van der Waals surface area (Å²) in [6.45, 7) is 3.38. The molecule has 7 nitrogen and oxygen atoms in total. The SMILES string of the molecule is CCNC(=O)N1CCC[C@H](NS(C)(=O)=O)[C@@H]1CO[C@H]1C[C@@H](Cc2ccccc2)C1. The van der Waals surface area contributed by atoms with Crippen LogP contribution >= 0.6 is 0 Å². The van der Waals surface area contributed by atoms with Crippen molar-refractivity contribution in [2.75, 3.05) is 26.0 Å². The smallest absolute Gasteiger partial charge is 0.317 e. The summed E-state index contributed by atoms with van der Waals surface area (Å²) in [5.74, 6) is 0.623. The molecule has 0 aromatic heterocycles. The quantitative estimate of drug-likeness (QED) is 0.671. The summed E-state index contributed by atoms with van der Waals surface area (Å²) in [5.41, 5.74) is 1.35. The summed E-state index contributed by atoms with van der Waals surface area (Å²) in [5, 5.41) is 2.83. The first-order valence-corrected chi connectivity index (χ1v) is 12.4. The lowest BCUT2D eigenvalue weighted by Crippen LogP contribution is -2.61. The zero-order valence-electron chi connectivity index (χ0n) is 17.3. The van der Waals surface area contributed by atoms with Crippen LogP contribution in [0.4, 0.5) is 4.79 Å². The number of hydrogen-bond donors (Lipinski definition) is 2. The van der Waals surface area contributed by atoms with Crippen molar-refractivity contribution in [2.24, 2.45) is 5.92 Å². The van der Waals surface area contributed by atoms with E-state index in [1.165, 1.54) is 5.56 Å². The lowest BCUT2D eigenvalue weighted by Gasteiger charge is -2.43. The van der Waals surface area contributed by atoms with Crippen LogP contribution in [0.1, 0.15) is 38.2 Å². The standard InChI is InChI=1S/C21H33N3O4S/c1-3-22-21(25)24-11-7-10-19(23-29(2,26)27)20(24)15-28-18-13-17(14-18)12-16-8-5-4-6-9-16/h4-6,8-9,17-20,23H,3,7,10-15H2,1-2H3,(H,22,25)/t17-,18+,19-,20-/m0/s1. The van der Waals surface area contributed by atoms with Crippen molar-refractivity contribution in [2.45, 2.75) is 57.2 Å². The van der Waals surface area contributed by atoms with Crippen molar-refractivity contribution in [1.29, 1.82) is 0 Å². The Bertz CT molecular complexity index is 765. The van der Waals surface area contributed by atoms with E-state index in [9.17, 15) is 13.2 Å². The van der Waals surface area contributed by atoms with Gasteiger partial charge in [0.05, 0.1) is 25.0 Å². The zero-order valence-corrected chi connectivity index (χ0v) is 18.2. The number of rotatable bonds is 8. The predicted molar refractivity (Wildman–Crippen MR) is 113 cm³/mol. The highest BCUT2D eigenvalue weighted by atomic mass is 32.2. The Hall–Kier alpha value is -1.64. The van der Waals surface area contributed by atoms with E-state index in [0.717, 1.165) is 31.9 Å². The summed E-state index contributed by atoms with van der Waals surface area (Å²) in [7, 11) is -3.36. The first-order chi connectivity index (χ1) is 13.9. The number of urea groups is 1. The minimum atomic E-state index is -3.36.